The van der Waals surface area contributed by atoms with E-state index in [4.69, 9.17) is 0 Å². The molecule has 4 heteroatoms. The van der Waals surface area contributed by atoms with E-state index in [1.54, 1.807) is 16.8 Å². The number of nitrogens with one attached hydrogen (secondary N) is 1. The summed E-state index contributed by atoms with van der Waals surface area (Å²) < 4.78 is 2.29. The molecule has 1 aromatic heterocycles. The molecular formula is C14H15BrN2O. The molecule has 0 saturated carbocycles. The van der Waals surface area contributed by atoms with E-state index in [0.717, 1.165) is 12.2 Å². The maximum absolute atomic E-state index is 11.8. The molecule has 0 bridgehead atoms. The summed E-state index contributed by atoms with van der Waals surface area (Å²) in [7, 11) is 0. The van der Waals surface area contributed by atoms with Crippen molar-refractivity contribution in [2.24, 2.45) is 0 Å². The minimum absolute atomic E-state index is 0.00328. The van der Waals surface area contributed by atoms with Gasteiger partial charge in [0.1, 0.15) is 0 Å². The molecule has 0 atom stereocenters. The van der Waals surface area contributed by atoms with E-state index < -0.39 is 0 Å². The van der Waals surface area contributed by atoms with E-state index in [9.17, 15) is 4.79 Å². The van der Waals surface area contributed by atoms with Gasteiger partial charge in [0.05, 0.1) is 4.47 Å². The lowest BCUT2D eigenvalue weighted by Gasteiger charge is -2.09. The number of halogens is 1. The summed E-state index contributed by atoms with van der Waals surface area (Å²) in [6.45, 7) is 3.43. The molecule has 1 N–H and O–H groups in total. The van der Waals surface area contributed by atoms with Crippen LogP contribution in [-0.4, -0.2) is 11.1 Å². The van der Waals surface area contributed by atoms with Gasteiger partial charge in [-0.3, -0.25) is 4.79 Å². The number of hydrogen-bond donors (Lipinski definition) is 1. The molecule has 0 amide bonds. The highest BCUT2D eigenvalue weighted by Crippen LogP contribution is 2.09. The minimum Gasteiger partial charge on any atom is -0.383 e. The second-order valence-electron chi connectivity index (χ2n) is 4.15. The average Bonchev–Trinajstić information content (AvgIpc) is 2.35. The fourth-order valence-corrected chi connectivity index (χ4v) is 2.14. The van der Waals surface area contributed by atoms with Crippen LogP contribution in [0.25, 0.3) is 0 Å². The number of aromatic nitrogens is 1. The van der Waals surface area contributed by atoms with Crippen molar-refractivity contribution in [3.63, 3.8) is 0 Å². The fraction of sp³-hybridized carbons (Fsp3) is 0.214. The lowest BCUT2D eigenvalue weighted by molar-refractivity contribution is 0.694. The summed E-state index contributed by atoms with van der Waals surface area (Å²) in [5, 5.41) is 3.31. The van der Waals surface area contributed by atoms with Gasteiger partial charge in [-0.25, -0.2) is 0 Å². The van der Waals surface area contributed by atoms with Crippen molar-refractivity contribution in [3.8, 4) is 0 Å². The van der Waals surface area contributed by atoms with Gasteiger partial charge in [0, 0.05) is 25.0 Å². The summed E-state index contributed by atoms with van der Waals surface area (Å²) in [4.78, 5) is 11.8. The molecule has 2 aromatic rings. The summed E-state index contributed by atoms with van der Waals surface area (Å²) in [5.74, 6) is 0. The van der Waals surface area contributed by atoms with Crippen LogP contribution < -0.4 is 10.9 Å². The molecule has 0 aliphatic heterocycles. The SMILES string of the molecule is Cc1cccc(NCCn2cccc(Br)c2=O)c1. The number of pyridine rings is 1. The van der Waals surface area contributed by atoms with Gasteiger partial charge in [-0.1, -0.05) is 12.1 Å². The normalized spacial score (nSPS) is 10.3. The first-order chi connectivity index (χ1) is 8.66. The van der Waals surface area contributed by atoms with Crippen molar-refractivity contribution < 1.29 is 0 Å². The van der Waals surface area contributed by atoms with E-state index in [1.807, 2.05) is 18.2 Å². The summed E-state index contributed by atoms with van der Waals surface area (Å²) in [6, 6.07) is 11.8. The highest BCUT2D eigenvalue weighted by molar-refractivity contribution is 9.10. The molecule has 0 unspecified atom stereocenters. The summed E-state index contributed by atoms with van der Waals surface area (Å²) in [6.07, 6.45) is 1.80. The Balaban J connectivity index is 1.97. The molecule has 1 aromatic carbocycles. The third kappa shape index (κ3) is 3.23. The van der Waals surface area contributed by atoms with Crippen molar-refractivity contribution in [3.05, 3.63) is 63.0 Å². The zero-order chi connectivity index (χ0) is 13.0. The van der Waals surface area contributed by atoms with Gasteiger partial charge < -0.3 is 9.88 Å². The molecule has 18 heavy (non-hydrogen) atoms. The Bertz CT molecular complexity index is 592. The van der Waals surface area contributed by atoms with Gasteiger partial charge in [0.15, 0.2) is 0 Å². The van der Waals surface area contributed by atoms with Gasteiger partial charge in [0.25, 0.3) is 5.56 Å². The van der Waals surface area contributed by atoms with Crippen molar-refractivity contribution >= 4 is 21.6 Å². The van der Waals surface area contributed by atoms with Gasteiger partial charge in [-0.2, -0.15) is 0 Å². The number of rotatable bonds is 4. The Morgan fingerprint density at radius 3 is 2.89 bits per heavy atom. The summed E-state index contributed by atoms with van der Waals surface area (Å²) in [5.41, 5.74) is 2.31. The predicted octanol–water partition coefficient (Wildman–Crippen LogP) is 3.03. The Morgan fingerprint density at radius 2 is 2.11 bits per heavy atom. The average molecular weight is 307 g/mol. The maximum atomic E-state index is 11.8. The molecule has 0 fully saturated rings. The number of benzene rings is 1. The number of nitrogens with zero attached hydrogens (tertiary/aromatic N) is 1. The highest BCUT2D eigenvalue weighted by atomic mass is 79.9. The number of anilines is 1. The standard InChI is InChI=1S/C14H15BrN2O/c1-11-4-2-5-12(10-11)16-7-9-17-8-3-6-13(15)14(17)18/h2-6,8,10,16H,7,9H2,1H3. The molecule has 1 heterocycles. The lowest BCUT2D eigenvalue weighted by atomic mass is 10.2. The predicted molar refractivity (Wildman–Crippen MR) is 78.1 cm³/mol. The quantitative estimate of drug-likeness (QED) is 0.942. The third-order valence-corrected chi connectivity index (χ3v) is 3.28. The second-order valence-corrected chi connectivity index (χ2v) is 5.01. The number of aryl methyl sites for hydroxylation is 1. The number of hydrogen-bond acceptors (Lipinski definition) is 2. The first-order valence-electron chi connectivity index (χ1n) is 5.82. The molecule has 0 radical (unpaired) electrons. The Labute approximate surface area is 115 Å². The first-order valence-corrected chi connectivity index (χ1v) is 6.61. The van der Waals surface area contributed by atoms with Crippen molar-refractivity contribution in [2.45, 2.75) is 13.5 Å². The van der Waals surface area contributed by atoms with Gasteiger partial charge in [-0.05, 0) is 52.7 Å². The highest BCUT2D eigenvalue weighted by Gasteiger charge is 1.99. The van der Waals surface area contributed by atoms with Gasteiger partial charge >= 0.3 is 0 Å². The van der Waals surface area contributed by atoms with Crippen LogP contribution in [0.2, 0.25) is 0 Å². The van der Waals surface area contributed by atoms with Crippen LogP contribution in [0.4, 0.5) is 5.69 Å². The molecule has 0 saturated heterocycles. The van der Waals surface area contributed by atoms with Crippen LogP contribution in [0, 0.1) is 6.92 Å². The van der Waals surface area contributed by atoms with Gasteiger partial charge in [-0.15, -0.1) is 0 Å². The van der Waals surface area contributed by atoms with Gasteiger partial charge in [0.2, 0.25) is 0 Å². The molecule has 0 spiro atoms. The van der Waals surface area contributed by atoms with Crippen LogP contribution in [0.15, 0.2) is 51.9 Å². The van der Waals surface area contributed by atoms with Crippen LogP contribution in [0.3, 0.4) is 0 Å². The topological polar surface area (TPSA) is 34.0 Å². The van der Waals surface area contributed by atoms with E-state index in [0.29, 0.717) is 11.0 Å². The van der Waals surface area contributed by atoms with E-state index in [1.165, 1.54) is 5.56 Å². The first kappa shape index (κ1) is 12.9. The molecular weight excluding hydrogens is 292 g/mol. The second kappa shape index (κ2) is 5.87. The third-order valence-electron chi connectivity index (χ3n) is 2.67. The lowest BCUT2D eigenvalue weighted by Crippen LogP contribution is -2.23. The minimum atomic E-state index is 0.00328. The zero-order valence-corrected chi connectivity index (χ0v) is 11.8. The smallest absolute Gasteiger partial charge is 0.264 e. The van der Waals surface area contributed by atoms with Crippen LogP contribution >= 0.6 is 15.9 Å². The van der Waals surface area contributed by atoms with Crippen LogP contribution in [-0.2, 0) is 6.54 Å². The Kier molecular flexibility index (Phi) is 4.20. The van der Waals surface area contributed by atoms with E-state index >= 15 is 0 Å². The molecule has 94 valence electrons. The maximum Gasteiger partial charge on any atom is 0.264 e. The Morgan fingerprint density at radius 1 is 1.28 bits per heavy atom. The molecule has 0 aliphatic rings. The van der Waals surface area contributed by atoms with E-state index in [2.05, 4.69) is 40.3 Å². The van der Waals surface area contributed by atoms with Crippen LogP contribution in [0.1, 0.15) is 5.56 Å². The Hall–Kier alpha value is -1.55. The largest absolute Gasteiger partial charge is 0.383 e. The van der Waals surface area contributed by atoms with Crippen molar-refractivity contribution in [2.75, 3.05) is 11.9 Å². The molecule has 3 nitrogen and oxygen atoms in total. The summed E-state index contributed by atoms with van der Waals surface area (Å²) >= 11 is 3.24. The van der Waals surface area contributed by atoms with Crippen LogP contribution in [0.5, 0.6) is 0 Å². The van der Waals surface area contributed by atoms with E-state index in [-0.39, 0.29) is 5.56 Å². The van der Waals surface area contributed by atoms with Crippen molar-refractivity contribution in [1.82, 2.24) is 4.57 Å². The zero-order valence-electron chi connectivity index (χ0n) is 10.2. The fourth-order valence-electron chi connectivity index (χ4n) is 1.76. The van der Waals surface area contributed by atoms with Crippen molar-refractivity contribution in [1.29, 1.82) is 0 Å². The monoisotopic (exact) mass is 306 g/mol. The molecule has 2 rings (SSSR count). The molecule has 0 aliphatic carbocycles.